The van der Waals surface area contributed by atoms with Gasteiger partial charge < -0.3 is 5.32 Å². The van der Waals surface area contributed by atoms with Crippen molar-refractivity contribution in [1.82, 2.24) is 0 Å². The fraction of sp³-hybridized carbons (Fsp3) is 0.143. The second kappa shape index (κ2) is 5.36. The summed E-state index contributed by atoms with van der Waals surface area (Å²) >= 11 is 6.00. The van der Waals surface area contributed by atoms with Gasteiger partial charge in [-0.1, -0.05) is 23.7 Å². The number of benzene rings is 2. The van der Waals surface area contributed by atoms with E-state index in [1.165, 1.54) is 12.1 Å². The first-order valence-corrected chi connectivity index (χ1v) is 5.88. The van der Waals surface area contributed by atoms with Crippen molar-refractivity contribution in [2.75, 3.05) is 5.32 Å². The molecule has 2 aromatic rings. The van der Waals surface area contributed by atoms with Crippen molar-refractivity contribution in [3.05, 3.63) is 64.2 Å². The van der Waals surface area contributed by atoms with E-state index in [1.54, 1.807) is 0 Å². The monoisotopic (exact) mass is 267 g/mol. The van der Waals surface area contributed by atoms with Crippen LogP contribution in [0.25, 0.3) is 0 Å². The summed E-state index contributed by atoms with van der Waals surface area (Å²) < 4.78 is 26.1. The van der Waals surface area contributed by atoms with Crippen molar-refractivity contribution in [2.24, 2.45) is 0 Å². The van der Waals surface area contributed by atoms with Gasteiger partial charge in [0.25, 0.3) is 0 Å². The third kappa shape index (κ3) is 2.99. The van der Waals surface area contributed by atoms with E-state index in [9.17, 15) is 8.78 Å². The van der Waals surface area contributed by atoms with Gasteiger partial charge in [0.05, 0.1) is 5.69 Å². The first-order chi connectivity index (χ1) is 8.56. The molecule has 0 aliphatic rings. The molecule has 1 N–H and O–H groups in total. The molecular formula is C14H12ClF2N. The van der Waals surface area contributed by atoms with Crippen LogP contribution in [-0.4, -0.2) is 0 Å². The quantitative estimate of drug-likeness (QED) is 0.861. The molecule has 0 fully saturated rings. The molecular weight excluding hydrogens is 256 g/mol. The van der Waals surface area contributed by atoms with Gasteiger partial charge >= 0.3 is 0 Å². The predicted molar refractivity (Wildman–Crippen MR) is 69.9 cm³/mol. The van der Waals surface area contributed by atoms with Gasteiger partial charge in [0.2, 0.25) is 0 Å². The van der Waals surface area contributed by atoms with Crippen molar-refractivity contribution in [3.63, 3.8) is 0 Å². The number of aryl methyl sites for hydroxylation is 1. The Morgan fingerprint density at radius 1 is 1.11 bits per heavy atom. The van der Waals surface area contributed by atoms with Crippen molar-refractivity contribution in [3.8, 4) is 0 Å². The SMILES string of the molecule is Cc1ccc(CNc2ccc(F)cc2F)cc1Cl. The van der Waals surface area contributed by atoms with Crippen molar-refractivity contribution >= 4 is 17.3 Å². The lowest BCUT2D eigenvalue weighted by molar-refractivity contribution is 0.585. The van der Waals surface area contributed by atoms with E-state index in [2.05, 4.69) is 5.32 Å². The van der Waals surface area contributed by atoms with Crippen LogP contribution in [0.1, 0.15) is 11.1 Å². The summed E-state index contributed by atoms with van der Waals surface area (Å²) in [4.78, 5) is 0. The second-order valence-corrected chi connectivity index (χ2v) is 4.47. The molecule has 0 aliphatic heterocycles. The zero-order valence-corrected chi connectivity index (χ0v) is 10.6. The molecule has 0 aliphatic carbocycles. The Balaban J connectivity index is 2.09. The largest absolute Gasteiger partial charge is 0.379 e. The Kier molecular flexibility index (Phi) is 3.82. The van der Waals surface area contributed by atoms with Gasteiger partial charge in [-0.2, -0.15) is 0 Å². The van der Waals surface area contributed by atoms with Crippen molar-refractivity contribution < 1.29 is 8.78 Å². The average Bonchev–Trinajstić information content (AvgIpc) is 2.32. The Morgan fingerprint density at radius 2 is 1.89 bits per heavy atom. The van der Waals surface area contributed by atoms with Crippen molar-refractivity contribution in [2.45, 2.75) is 13.5 Å². The van der Waals surface area contributed by atoms with E-state index in [0.717, 1.165) is 17.2 Å². The molecule has 0 aromatic heterocycles. The molecule has 0 atom stereocenters. The van der Waals surface area contributed by atoms with Gasteiger partial charge in [-0.3, -0.25) is 0 Å². The first kappa shape index (κ1) is 12.8. The number of hydrogen-bond donors (Lipinski definition) is 1. The highest BCUT2D eigenvalue weighted by molar-refractivity contribution is 6.31. The molecule has 0 unspecified atom stereocenters. The third-order valence-corrected chi connectivity index (χ3v) is 3.06. The lowest BCUT2D eigenvalue weighted by Gasteiger charge is -2.08. The van der Waals surface area contributed by atoms with Crippen LogP contribution in [0.3, 0.4) is 0 Å². The fourth-order valence-corrected chi connectivity index (χ4v) is 1.78. The molecule has 4 heteroatoms. The van der Waals surface area contributed by atoms with Crippen LogP contribution in [0.5, 0.6) is 0 Å². The lowest BCUT2D eigenvalue weighted by atomic mass is 10.1. The number of halogens is 3. The minimum Gasteiger partial charge on any atom is -0.379 e. The zero-order valence-electron chi connectivity index (χ0n) is 9.81. The van der Waals surface area contributed by atoms with Crippen LogP contribution < -0.4 is 5.32 Å². The summed E-state index contributed by atoms with van der Waals surface area (Å²) in [5, 5.41) is 3.58. The van der Waals surface area contributed by atoms with Gasteiger partial charge in [0.15, 0.2) is 0 Å². The number of rotatable bonds is 3. The molecule has 2 aromatic carbocycles. The van der Waals surface area contributed by atoms with Gasteiger partial charge in [0.1, 0.15) is 11.6 Å². The minimum atomic E-state index is -0.604. The minimum absolute atomic E-state index is 0.271. The maximum Gasteiger partial charge on any atom is 0.149 e. The summed E-state index contributed by atoms with van der Waals surface area (Å²) in [6, 6.07) is 9.08. The van der Waals surface area contributed by atoms with E-state index in [4.69, 9.17) is 11.6 Å². The topological polar surface area (TPSA) is 12.0 Å². The Bertz CT molecular complexity index is 570. The molecule has 0 radical (unpaired) electrons. The van der Waals surface area contributed by atoms with E-state index in [-0.39, 0.29) is 5.69 Å². The molecule has 0 heterocycles. The molecule has 0 spiro atoms. The van der Waals surface area contributed by atoms with Crippen LogP contribution in [0.15, 0.2) is 36.4 Å². The standard InChI is InChI=1S/C14H12ClF2N/c1-9-2-3-10(6-12(9)15)8-18-14-5-4-11(16)7-13(14)17/h2-7,18H,8H2,1H3. The number of hydrogen-bond acceptors (Lipinski definition) is 1. The normalized spacial score (nSPS) is 10.4. The first-order valence-electron chi connectivity index (χ1n) is 5.50. The summed E-state index contributed by atoms with van der Waals surface area (Å²) in [6.07, 6.45) is 0. The van der Waals surface area contributed by atoms with Crippen LogP contribution >= 0.6 is 11.6 Å². The summed E-state index contributed by atoms with van der Waals surface area (Å²) in [6.45, 7) is 2.35. The van der Waals surface area contributed by atoms with Gasteiger partial charge in [-0.15, -0.1) is 0 Å². The smallest absolute Gasteiger partial charge is 0.149 e. The highest BCUT2D eigenvalue weighted by Crippen LogP contribution is 2.19. The summed E-state index contributed by atoms with van der Waals surface area (Å²) in [7, 11) is 0. The second-order valence-electron chi connectivity index (χ2n) is 4.06. The molecule has 0 saturated heterocycles. The molecule has 0 bridgehead atoms. The predicted octanol–water partition coefficient (Wildman–Crippen LogP) is 4.54. The van der Waals surface area contributed by atoms with E-state index in [1.807, 2.05) is 25.1 Å². The molecule has 18 heavy (non-hydrogen) atoms. The van der Waals surface area contributed by atoms with Crippen LogP contribution in [0, 0.1) is 18.6 Å². The van der Waals surface area contributed by atoms with Gasteiger partial charge in [0, 0.05) is 17.6 Å². The Hall–Kier alpha value is -1.61. The van der Waals surface area contributed by atoms with Crippen LogP contribution in [-0.2, 0) is 6.54 Å². The maximum absolute atomic E-state index is 13.4. The number of anilines is 1. The van der Waals surface area contributed by atoms with E-state index < -0.39 is 11.6 Å². The van der Waals surface area contributed by atoms with Crippen molar-refractivity contribution in [1.29, 1.82) is 0 Å². The van der Waals surface area contributed by atoms with Crippen LogP contribution in [0.2, 0.25) is 5.02 Å². The molecule has 2 rings (SSSR count). The Morgan fingerprint density at radius 3 is 2.56 bits per heavy atom. The highest BCUT2D eigenvalue weighted by Gasteiger charge is 2.04. The average molecular weight is 268 g/mol. The van der Waals surface area contributed by atoms with E-state index >= 15 is 0 Å². The molecule has 94 valence electrons. The summed E-state index contributed by atoms with van der Waals surface area (Å²) in [5.41, 5.74) is 2.20. The maximum atomic E-state index is 13.4. The van der Waals surface area contributed by atoms with Gasteiger partial charge in [-0.25, -0.2) is 8.78 Å². The zero-order chi connectivity index (χ0) is 13.1. The highest BCUT2D eigenvalue weighted by atomic mass is 35.5. The lowest BCUT2D eigenvalue weighted by Crippen LogP contribution is -2.01. The third-order valence-electron chi connectivity index (χ3n) is 2.65. The Labute approximate surface area is 109 Å². The molecule has 1 nitrogen and oxygen atoms in total. The van der Waals surface area contributed by atoms with E-state index in [0.29, 0.717) is 11.6 Å². The fourth-order valence-electron chi connectivity index (χ4n) is 1.58. The molecule has 0 saturated carbocycles. The van der Waals surface area contributed by atoms with Gasteiger partial charge in [-0.05, 0) is 36.2 Å². The summed E-state index contributed by atoms with van der Waals surface area (Å²) in [5.74, 6) is -1.19. The number of nitrogens with one attached hydrogen (secondary N) is 1. The van der Waals surface area contributed by atoms with Crippen LogP contribution in [0.4, 0.5) is 14.5 Å². The molecule has 0 amide bonds.